The molecule has 0 aromatic rings. The first-order valence-electron chi connectivity index (χ1n) is 7.73. The lowest BCUT2D eigenvalue weighted by Crippen LogP contribution is -2.85. The van der Waals surface area contributed by atoms with Crippen molar-refractivity contribution >= 4 is 8.40 Å². The Balaban J connectivity index is 6.91. The van der Waals surface area contributed by atoms with Gasteiger partial charge in [-0.25, -0.2) is 0 Å². The molecule has 0 saturated carbocycles. The highest BCUT2D eigenvalue weighted by Crippen LogP contribution is 2.48. The molecule has 0 radical (unpaired) electrons. The van der Waals surface area contributed by atoms with Gasteiger partial charge in [-0.3, -0.25) is 9.13 Å². The highest BCUT2D eigenvalue weighted by Gasteiger charge is 2.82. The van der Waals surface area contributed by atoms with Crippen LogP contribution in [-0.4, -0.2) is 53.3 Å². The highest BCUT2D eigenvalue weighted by atomic mass is 28.4. The molecule has 0 unspecified atom stereocenters. The monoisotopic (exact) mass is 366 g/mol. The van der Waals surface area contributed by atoms with Gasteiger partial charge in [-0.05, 0) is 24.2 Å². The molecule has 0 fully saturated rings. The third-order valence-corrected chi connectivity index (χ3v) is 8.90. The zero-order valence-electron chi connectivity index (χ0n) is 15.0. The van der Waals surface area contributed by atoms with E-state index >= 15 is 0 Å². The van der Waals surface area contributed by atoms with E-state index in [0.717, 1.165) is 0 Å². The van der Waals surface area contributed by atoms with Crippen LogP contribution >= 0.6 is 0 Å². The summed E-state index contributed by atoms with van der Waals surface area (Å²) in [5, 5.41) is 0. The van der Waals surface area contributed by atoms with E-state index in [4.69, 9.17) is 0 Å². The van der Waals surface area contributed by atoms with E-state index < -0.39 is 44.2 Å². The van der Waals surface area contributed by atoms with Crippen LogP contribution in [0.15, 0.2) is 0 Å². The maximum absolute atomic E-state index is 14.1. The van der Waals surface area contributed by atoms with Gasteiger partial charge < -0.3 is 0 Å². The number of halogens is 6. The van der Waals surface area contributed by atoms with Gasteiger partial charge >= 0.3 is 20.0 Å². The first-order chi connectivity index (χ1) is 10.0. The molecule has 9 heteroatoms. The maximum atomic E-state index is 14.1. The van der Waals surface area contributed by atoms with Crippen LogP contribution in [0.2, 0.25) is 0 Å². The van der Waals surface area contributed by atoms with Gasteiger partial charge in [0.1, 0.15) is 0 Å². The SMILES string of the molecule is CC(C)N(C(C)C)[Si](N(C(C)C)C(C)C)(C(F)(F)F)C(F)(F)F. The van der Waals surface area contributed by atoms with Crippen LogP contribution in [0.4, 0.5) is 26.3 Å². The van der Waals surface area contributed by atoms with Gasteiger partial charge in [0.2, 0.25) is 0 Å². The van der Waals surface area contributed by atoms with Crippen molar-refractivity contribution in [2.75, 3.05) is 0 Å². The Morgan fingerprint density at radius 1 is 0.522 bits per heavy atom. The minimum absolute atomic E-state index is 0.660. The van der Waals surface area contributed by atoms with Crippen molar-refractivity contribution in [2.45, 2.75) is 91.2 Å². The molecule has 0 saturated heterocycles. The Morgan fingerprint density at radius 2 is 0.696 bits per heavy atom. The molecule has 0 bridgehead atoms. The first kappa shape index (κ1) is 22.7. The normalized spacial score (nSPS) is 15.1. The van der Waals surface area contributed by atoms with Gasteiger partial charge in [0.15, 0.2) is 0 Å². The van der Waals surface area contributed by atoms with Gasteiger partial charge in [0.25, 0.3) is 0 Å². The van der Waals surface area contributed by atoms with E-state index in [2.05, 4.69) is 0 Å². The molecule has 0 aromatic carbocycles. The molecule has 0 atom stereocenters. The summed E-state index contributed by atoms with van der Waals surface area (Å²) in [6.07, 6.45) is 0. The average Bonchev–Trinajstić information content (AvgIpc) is 2.21. The minimum atomic E-state index is -6.04. The van der Waals surface area contributed by atoms with E-state index in [1.54, 1.807) is 0 Å². The fourth-order valence-electron chi connectivity index (χ4n) is 3.57. The fraction of sp³-hybridized carbons (Fsp3) is 1.00. The molecule has 23 heavy (non-hydrogen) atoms. The number of nitrogens with zero attached hydrogens (tertiary/aromatic N) is 2. The second-order valence-corrected chi connectivity index (χ2v) is 10.4. The van der Waals surface area contributed by atoms with Crippen molar-refractivity contribution in [3.63, 3.8) is 0 Å². The van der Waals surface area contributed by atoms with Crippen molar-refractivity contribution in [1.29, 1.82) is 0 Å². The topological polar surface area (TPSA) is 6.48 Å². The van der Waals surface area contributed by atoms with Crippen molar-refractivity contribution < 1.29 is 26.3 Å². The lowest BCUT2D eigenvalue weighted by molar-refractivity contribution is -0.149. The molecule has 2 nitrogen and oxygen atoms in total. The third-order valence-electron chi connectivity index (χ3n) is 3.76. The van der Waals surface area contributed by atoms with Crippen LogP contribution in [0.1, 0.15) is 55.4 Å². The largest absolute Gasteiger partial charge is 0.450 e. The number of hydrogen-bond acceptors (Lipinski definition) is 2. The Labute approximate surface area is 136 Å². The summed E-state index contributed by atoms with van der Waals surface area (Å²) in [5.74, 6) is -10.7. The van der Waals surface area contributed by atoms with Crippen LogP contribution in [0.3, 0.4) is 0 Å². The summed E-state index contributed by atoms with van der Waals surface area (Å²) < 4.78 is 85.7. The Hall–Kier alpha value is -0.283. The van der Waals surface area contributed by atoms with E-state index in [1.165, 1.54) is 55.4 Å². The van der Waals surface area contributed by atoms with Gasteiger partial charge in [0.05, 0.1) is 0 Å². The van der Waals surface area contributed by atoms with Crippen LogP contribution in [0, 0.1) is 0 Å². The average molecular weight is 366 g/mol. The number of rotatable bonds is 6. The van der Waals surface area contributed by atoms with Crippen LogP contribution < -0.4 is 0 Å². The first-order valence-corrected chi connectivity index (χ1v) is 9.63. The van der Waals surface area contributed by atoms with Gasteiger partial charge in [0, 0.05) is 0 Å². The lowest BCUT2D eigenvalue weighted by atomic mass is 10.3. The van der Waals surface area contributed by atoms with Crippen LogP contribution in [0.25, 0.3) is 0 Å². The summed E-state index contributed by atoms with van der Waals surface area (Å²) in [6.45, 7) is 11.1. The summed E-state index contributed by atoms with van der Waals surface area (Å²) in [7, 11) is -6.04. The third kappa shape index (κ3) is 4.04. The van der Waals surface area contributed by atoms with Crippen molar-refractivity contribution in [3.05, 3.63) is 0 Å². The number of alkyl halides is 6. The standard InChI is InChI=1S/C14H28F6N2Si/c1-9(2)21(10(3)4)23(13(15,16)17,14(18,19)20)22(11(5)6)12(7)8/h9-12H,1-8H3. The Bertz CT molecular complexity index is 324. The van der Waals surface area contributed by atoms with Gasteiger partial charge in [-0.15, -0.1) is 0 Å². The second-order valence-electron chi connectivity index (χ2n) is 6.86. The molecule has 0 heterocycles. The molecule has 0 aliphatic carbocycles. The van der Waals surface area contributed by atoms with Crippen LogP contribution in [0.5, 0.6) is 0 Å². The maximum Gasteiger partial charge on any atom is 0.450 e. The molecule has 140 valence electrons. The predicted octanol–water partition coefficient (Wildman–Crippen LogP) is 4.87. The molecular weight excluding hydrogens is 338 g/mol. The molecule has 0 rings (SSSR count). The van der Waals surface area contributed by atoms with E-state index in [-0.39, 0.29) is 0 Å². The summed E-state index contributed by atoms with van der Waals surface area (Å²) >= 11 is 0. The summed E-state index contributed by atoms with van der Waals surface area (Å²) in [4.78, 5) is 0. The van der Waals surface area contributed by atoms with Gasteiger partial charge in [-0.1, -0.05) is 55.4 Å². The second kappa shape index (κ2) is 7.31. The summed E-state index contributed by atoms with van der Waals surface area (Å²) in [6, 6.07) is -3.54. The molecule has 0 aromatic heterocycles. The van der Waals surface area contributed by atoms with Crippen LogP contribution in [-0.2, 0) is 0 Å². The van der Waals surface area contributed by atoms with Crippen molar-refractivity contribution in [2.24, 2.45) is 0 Å². The molecular formula is C14H28F6N2Si. The van der Waals surface area contributed by atoms with E-state index in [0.29, 0.717) is 9.13 Å². The Morgan fingerprint density at radius 3 is 0.783 bits per heavy atom. The quantitative estimate of drug-likeness (QED) is 0.489. The Kier molecular flexibility index (Phi) is 7.22. The molecule has 0 amide bonds. The number of hydrogen-bond donors (Lipinski definition) is 0. The fourth-order valence-corrected chi connectivity index (χ4v) is 8.32. The molecule has 0 aliphatic heterocycles. The molecule has 0 aliphatic rings. The minimum Gasteiger partial charge on any atom is -0.294 e. The predicted molar refractivity (Wildman–Crippen MR) is 82.1 cm³/mol. The van der Waals surface area contributed by atoms with E-state index in [1.807, 2.05) is 0 Å². The van der Waals surface area contributed by atoms with Crippen molar-refractivity contribution in [1.82, 2.24) is 9.13 Å². The highest BCUT2D eigenvalue weighted by molar-refractivity contribution is 6.78. The summed E-state index contributed by atoms with van der Waals surface area (Å²) in [5.41, 5.74) is 0. The molecule has 0 N–H and O–H groups in total. The molecule has 0 spiro atoms. The van der Waals surface area contributed by atoms with Crippen molar-refractivity contribution in [3.8, 4) is 0 Å². The zero-order valence-corrected chi connectivity index (χ0v) is 16.0. The van der Waals surface area contributed by atoms with Gasteiger partial charge in [-0.2, -0.15) is 26.3 Å². The smallest absolute Gasteiger partial charge is 0.294 e. The lowest BCUT2D eigenvalue weighted by Gasteiger charge is -2.54. The zero-order chi connectivity index (χ0) is 19.0. The van der Waals surface area contributed by atoms with E-state index in [9.17, 15) is 26.3 Å².